The van der Waals surface area contributed by atoms with Crippen molar-refractivity contribution in [2.45, 2.75) is 96.7 Å². The largest absolute Gasteiger partial charge is 0.336 e. The summed E-state index contributed by atoms with van der Waals surface area (Å²) in [6.07, 6.45) is 13.1. The van der Waals surface area contributed by atoms with Crippen molar-refractivity contribution in [2.24, 2.45) is 15.0 Å². The average molecular weight is 505 g/mol. The first-order valence-electron chi connectivity index (χ1n) is 12.6. The van der Waals surface area contributed by atoms with Gasteiger partial charge in [-0.05, 0) is 38.5 Å². The van der Waals surface area contributed by atoms with E-state index in [0.29, 0.717) is 38.9 Å². The Hall–Kier alpha value is -3.45. The predicted octanol–water partition coefficient (Wildman–Crippen LogP) is 1.86. The van der Waals surface area contributed by atoms with Gasteiger partial charge in [0.15, 0.2) is 0 Å². The van der Waals surface area contributed by atoms with Crippen LogP contribution in [0.3, 0.4) is 0 Å². The normalized spacial score (nSPS) is 10.3. The van der Waals surface area contributed by atoms with E-state index in [-0.39, 0.29) is 19.6 Å². The lowest BCUT2D eigenvalue weighted by atomic mass is 10.2. The van der Waals surface area contributed by atoms with E-state index in [4.69, 9.17) is 0 Å². The van der Waals surface area contributed by atoms with Crippen molar-refractivity contribution in [3.05, 3.63) is 31.5 Å². The molecule has 0 aliphatic carbocycles. The number of aliphatic imine (C=N–C) groups is 3. The molecule has 0 spiro atoms. The van der Waals surface area contributed by atoms with Gasteiger partial charge in [-0.3, -0.25) is 0 Å². The van der Waals surface area contributed by atoms with Crippen LogP contribution < -0.4 is 17.1 Å². The minimum absolute atomic E-state index is 0.211. The first kappa shape index (κ1) is 30.6. The zero-order valence-corrected chi connectivity index (χ0v) is 20.9. The fourth-order valence-electron chi connectivity index (χ4n) is 3.84. The Balaban J connectivity index is 2.89. The zero-order valence-electron chi connectivity index (χ0n) is 20.9. The summed E-state index contributed by atoms with van der Waals surface area (Å²) in [5.74, 6) is 0. The highest BCUT2D eigenvalue weighted by Crippen LogP contribution is 2.03. The molecule has 1 rings (SSSR count). The summed E-state index contributed by atoms with van der Waals surface area (Å²) < 4.78 is 3.42. The third-order valence-electron chi connectivity index (χ3n) is 5.78. The lowest BCUT2D eigenvalue weighted by Gasteiger charge is -2.14. The predicted molar refractivity (Wildman–Crippen MR) is 134 cm³/mol. The van der Waals surface area contributed by atoms with E-state index in [1.165, 1.54) is 18.2 Å². The van der Waals surface area contributed by atoms with Gasteiger partial charge in [0.25, 0.3) is 0 Å². The molecule has 0 aromatic carbocycles. The van der Waals surface area contributed by atoms with Crippen molar-refractivity contribution in [3.63, 3.8) is 0 Å². The molecule has 0 saturated heterocycles. The first-order chi connectivity index (χ1) is 17.6. The standard InChI is InChI=1S/C24H36N6O6/c31-19-25-13-7-1-4-10-16-28-22(34)29(17-11-5-2-8-14-26-20-32)24(36)30(23(28)35)18-12-6-3-9-15-27-21-33/h1-18H2. The number of carbonyl (C=O) groups excluding carboxylic acids is 3. The highest BCUT2D eigenvalue weighted by Gasteiger charge is 2.15. The summed E-state index contributed by atoms with van der Waals surface area (Å²) in [4.78, 5) is 79.9. The highest BCUT2D eigenvalue weighted by atomic mass is 16.2. The Bertz CT molecular complexity index is 933. The van der Waals surface area contributed by atoms with E-state index in [9.17, 15) is 28.8 Å². The molecule has 1 aromatic heterocycles. The van der Waals surface area contributed by atoms with Gasteiger partial charge in [0.05, 0.1) is 19.6 Å². The lowest BCUT2D eigenvalue weighted by Crippen LogP contribution is -2.54. The van der Waals surface area contributed by atoms with Gasteiger partial charge in [0.2, 0.25) is 18.2 Å². The zero-order chi connectivity index (χ0) is 26.4. The molecule has 1 heterocycles. The Labute approximate surface area is 209 Å². The van der Waals surface area contributed by atoms with Crippen molar-refractivity contribution in [1.29, 1.82) is 0 Å². The maximum Gasteiger partial charge on any atom is 0.336 e. The van der Waals surface area contributed by atoms with Crippen molar-refractivity contribution in [2.75, 3.05) is 19.6 Å². The third-order valence-corrected chi connectivity index (χ3v) is 5.78. The summed E-state index contributed by atoms with van der Waals surface area (Å²) in [7, 11) is 0. The number of rotatable bonds is 21. The van der Waals surface area contributed by atoms with E-state index < -0.39 is 17.1 Å². The molecule has 0 unspecified atom stereocenters. The fourth-order valence-corrected chi connectivity index (χ4v) is 3.84. The van der Waals surface area contributed by atoms with Crippen LogP contribution in [0.15, 0.2) is 29.4 Å². The first-order valence-corrected chi connectivity index (χ1v) is 12.6. The Kier molecular flexibility index (Phi) is 16.8. The molecule has 12 heteroatoms. The van der Waals surface area contributed by atoms with Gasteiger partial charge < -0.3 is 0 Å². The maximum atomic E-state index is 13.0. The number of isocyanates is 3. The number of hydrogen-bond acceptors (Lipinski definition) is 9. The van der Waals surface area contributed by atoms with Gasteiger partial charge in [-0.15, -0.1) is 0 Å². The van der Waals surface area contributed by atoms with Gasteiger partial charge >= 0.3 is 17.1 Å². The fraction of sp³-hybridized carbons (Fsp3) is 0.750. The van der Waals surface area contributed by atoms with Gasteiger partial charge in [-0.1, -0.05) is 38.5 Å². The molecule has 198 valence electrons. The van der Waals surface area contributed by atoms with Crippen LogP contribution in [0, 0.1) is 0 Å². The third kappa shape index (κ3) is 11.8. The lowest BCUT2D eigenvalue weighted by molar-refractivity contribution is 0.413. The van der Waals surface area contributed by atoms with E-state index in [0.717, 1.165) is 71.5 Å². The van der Waals surface area contributed by atoms with Gasteiger partial charge in [0.1, 0.15) is 0 Å². The summed E-state index contributed by atoms with van der Waals surface area (Å²) in [6, 6.07) is 0. The topological polar surface area (TPSA) is 154 Å². The van der Waals surface area contributed by atoms with Crippen molar-refractivity contribution >= 4 is 18.2 Å². The van der Waals surface area contributed by atoms with Gasteiger partial charge in [-0.25, -0.2) is 57.4 Å². The van der Waals surface area contributed by atoms with E-state index >= 15 is 0 Å². The summed E-state index contributed by atoms with van der Waals surface area (Å²) in [5, 5.41) is 0. The SMILES string of the molecule is O=C=NCCCCCCn1c(=O)n(CCCCCCN=C=O)c(=O)n(CCCCCCN=C=O)c1=O. The van der Waals surface area contributed by atoms with Crippen LogP contribution in [-0.2, 0) is 34.0 Å². The molecular weight excluding hydrogens is 468 g/mol. The quantitative estimate of drug-likeness (QED) is 0.141. The minimum atomic E-state index is -0.593. The number of nitrogens with zero attached hydrogens (tertiary/aromatic N) is 6. The summed E-state index contributed by atoms with van der Waals surface area (Å²) in [5.41, 5.74) is -1.78. The van der Waals surface area contributed by atoms with Crippen LogP contribution in [0.4, 0.5) is 0 Å². The van der Waals surface area contributed by atoms with Crippen molar-refractivity contribution in [3.8, 4) is 0 Å². The van der Waals surface area contributed by atoms with Crippen LogP contribution in [-0.4, -0.2) is 51.6 Å². The summed E-state index contributed by atoms with van der Waals surface area (Å²) >= 11 is 0. The molecule has 12 nitrogen and oxygen atoms in total. The molecule has 36 heavy (non-hydrogen) atoms. The van der Waals surface area contributed by atoms with Crippen molar-refractivity contribution < 1.29 is 14.4 Å². The molecule has 0 atom stereocenters. The maximum absolute atomic E-state index is 13.0. The molecule has 1 aromatic rings. The second-order valence-corrected chi connectivity index (χ2v) is 8.46. The van der Waals surface area contributed by atoms with Crippen LogP contribution in [0.2, 0.25) is 0 Å². The van der Waals surface area contributed by atoms with Crippen LogP contribution >= 0.6 is 0 Å². The Morgan fingerprint density at radius 1 is 0.417 bits per heavy atom. The smallest absolute Gasteiger partial charge is 0.247 e. The molecular formula is C24H36N6O6. The number of unbranched alkanes of at least 4 members (excludes halogenated alkanes) is 9. The highest BCUT2D eigenvalue weighted by molar-refractivity contribution is 5.33. The number of hydrogen-bond donors (Lipinski definition) is 0. The van der Waals surface area contributed by atoms with Gasteiger partial charge in [0, 0.05) is 19.6 Å². The second kappa shape index (κ2) is 19.8. The Morgan fingerprint density at radius 3 is 0.917 bits per heavy atom. The molecule has 0 N–H and O–H groups in total. The monoisotopic (exact) mass is 504 g/mol. The van der Waals surface area contributed by atoms with Crippen molar-refractivity contribution in [1.82, 2.24) is 13.7 Å². The molecule has 0 fully saturated rings. The van der Waals surface area contributed by atoms with Gasteiger partial charge in [-0.2, -0.15) is 0 Å². The average Bonchev–Trinajstić information content (AvgIpc) is 2.87. The molecule has 0 aliphatic heterocycles. The summed E-state index contributed by atoms with van der Waals surface area (Å²) in [6.45, 7) is 1.85. The molecule has 0 amide bonds. The second-order valence-electron chi connectivity index (χ2n) is 8.46. The molecule has 0 aliphatic rings. The Morgan fingerprint density at radius 2 is 0.667 bits per heavy atom. The number of aromatic nitrogens is 3. The van der Waals surface area contributed by atoms with E-state index in [2.05, 4.69) is 15.0 Å². The van der Waals surface area contributed by atoms with Crippen LogP contribution in [0.25, 0.3) is 0 Å². The van der Waals surface area contributed by atoms with E-state index in [1.54, 1.807) is 0 Å². The van der Waals surface area contributed by atoms with E-state index in [1.807, 2.05) is 0 Å². The molecule has 0 radical (unpaired) electrons. The van der Waals surface area contributed by atoms with Crippen LogP contribution in [0.5, 0.6) is 0 Å². The minimum Gasteiger partial charge on any atom is -0.247 e. The molecule has 0 saturated carbocycles. The molecule has 0 bridgehead atoms. The van der Waals surface area contributed by atoms with Crippen LogP contribution in [0.1, 0.15) is 77.0 Å².